The highest BCUT2D eigenvalue weighted by atomic mass is 16.3. The maximum Gasteiger partial charge on any atom is 0.227 e. The first-order valence-electron chi connectivity index (χ1n) is 5.43. The van der Waals surface area contributed by atoms with Crippen LogP contribution in [-0.2, 0) is 13.1 Å². The first-order valence-corrected chi connectivity index (χ1v) is 5.43. The van der Waals surface area contributed by atoms with Crippen molar-refractivity contribution in [2.45, 2.75) is 13.1 Å². The lowest BCUT2D eigenvalue weighted by atomic mass is 10.3. The number of nitrogens with one attached hydrogen (secondary N) is 2. The number of anilines is 2. The Hall–Kier alpha value is -2.14. The second-order valence-corrected chi connectivity index (χ2v) is 3.91. The summed E-state index contributed by atoms with van der Waals surface area (Å²) in [7, 11) is 0. The van der Waals surface area contributed by atoms with Crippen molar-refractivity contribution in [2.24, 2.45) is 0 Å². The van der Waals surface area contributed by atoms with E-state index < -0.39 is 0 Å². The summed E-state index contributed by atoms with van der Waals surface area (Å²) in [5.74, 6) is 0.698. The standard InChI is InChI=1S/C12H12N4O/c17-11-4-2-1-3-9(11)15-12-14-6-8-5-13-7-10(8)16-12/h1-4,6,13,17H,5,7H2,(H,14,15,16). The van der Waals surface area contributed by atoms with E-state index in [1.54, 1.807) is 18.2 Å². The third-order valence-electron chi connectivity index (χ3n) is 2.71. The number of phenols is 1. The quantitative estimate of drug-likeness (QED) is 0.680. The van der Waals surface area contributed by atoms with Crippen LogP contribution in [0.1, 0.15) is 11.3 Å². The number of aromatic nitrogens is 2. The monoisotopic (exact) mass is 228 g/mol. The largest absolute Gasteiger partial charge is 0.506 e. The summed E-state index contributed by atoms with van der Waals surface area (Å²) in [5.41, 5.74) is 2.75. The molecule has 0 unspecified atom stereocenters. The van der Waals surface area contributed by atoms with Crippen LogP contribution in [0.5, 0.6) is 5.75 Å². The third kappa shape index (κ3) is 1.92. The molecule has 0 amide bonds. The van der Waals surface area contributed by atoms with Gasteiger partial charge in [0.05, 0.1) is 11.4 Å². The second-order valence-electron chi connectivity index (χ2n) is 3.91. The van der Waals surface area contributed by atoms with Gasteiger partial charge in [0.15, 0.2) is 0 Å². The topological polar surface area (TPSA) is 70.1 Å². The van der Waals surface area contributed by atoms with E-state index in [9.17, 15) is 5.11 Å². The van der Waals surface area contributed by atoms with Crippen LogP contribution in [-0.4, -0.2) is 15.1 Å². The third-order valence-corrected chi connectivity index (χ3v) is 2.71. The Morgan fingerprint density at radius 2 is 2.12 bits per heavy atom. The molecule has 17 heavy (non-hydrogen) atoms. The van der Waals surface area contributed by atoms with Gasteiger partial charge in [0.2, 0.25) is 5.95 Å². The van der Waals surface area contributed by atoms with Gasteiger partial charge in [0.1, 0.15) is 5.75 Å². The number of benzene rings is 1. The van der Waals surface area contributed by atoms with Gasteiger partial charge < -0.3 is 15.7 Å². The summed E-state index contributed by atoms with van der Waals surface area (Å²) in [6.45, 7) is 1.60. The van der Waals surface area contributed by atoms with E-state index in [0.29, 0.717) is 11.6 Å². The molecule has 3 rings (SSSR count). The summed E-state index contributed by atoms with van der Waals surface area (Å²) in [6.07, 6.45) is 1.81. The summed E-state index contributed by atoms with van der Waals surface area (Å²) in [4.78, 5) is 8.61. The molecule has 0 spiro atoms. The first kappa shape index (κ1) is 10.0. The van der Waals surface area contributed by atoms with Crippen molar-refractivity contribution >= 4 is 11.6 Å². The molecule has 0 atom stereocenters. The van der Waals surface area contributed by atoms with Gasteiger partial charge in [-0.1, -0.05) is 12.1 Å². The minimum Gasteiger partial charge on any atom is -0.506 e. The molecule has 2 aromatic rings. The number of nitrogens with zero attached hydrogens (tertiary/aromatic N) is 2. The van der Waals surface area contributed by atoms with Gasteiger partial charge in [-0.3, -0.25) is 0 Å². The molecule has 1 aliphatic rings. The molecule has 5 heteroatoms. The predicted molar refractivity (Wildman–Crippen MR) is 64.0 cm³/mol. The summed E-state index contributed by atoms with van der Waals surface area (Å²) < 4.78 is 0. The van der Waals surface area contributed by atoms with Gasteiger partial charge in [-0.05, 0) is 12.1 Å². The minimum absolute atomic E-state index is 0.190. The minimum atomic E-state index is 0.190. The number of aromatic hydroxyl groups is 1. The lowest BCUT2D eigenvalue weighted by Gasteiger charge is -2.07. The van der Waals surface area contributed by atoms with Crippen molar-refractivity contribution in [2.75, 3.05) is 5.32 Å². The van der Waals surface area contributed by atoms with Crippen LogP contribution in [0.15, 0.2) is 30.5 Å². The van der Waals surface area contributed by atoms with Gasteiger partial charge in [0.25, 0.3) is 0 Å². The van der Waals surface area contributed by atoms with E-state index in [-0.39, 0.29) is 5.75 Å². The Labute approximate surface area is 98.5 Å². The molecule has 0 aliphatic carbocycles. The van der Waals surface area contributed by atoms with Crippen LogP contribution in [0.4, 0.5) is 11.6 Å². The summed E-state index contributed by atoms with van der Waals surface area (Å²) >= 11 is 0. The zero-order valence-electron chi connectivity index (χ0n) is 9.14. The molecule has 0 fully saturated rings. The van der Waals surface area contributed by atoms with E-state index in [2.05, 4.69) is 20.6 Å². The van der Waals surface area contributed by atoms with Crippen LogP contribution >= 0.6 is 0 Å². The van der Waals surface area contributed by atoms with Crippen molar-refractivity contribution in [3.8, 4) is 5.75 Å². The lowest BCUT2D eigenvalue weighted by molar-refractivity contribution is 0.477. The molecule has 0 saturated heterocycles. The SMILES string of the molecule is Oc1ccccc1Nc1ncc2c(n1)CNC2. The lowest BCUT2D eigenvalue weighted by Crippen LogP contribution is -2.01. The molecular formula is C12H12N4O. The fourth-order valence-electron chi connectivity index (χ4n) is 1.82. The zero-order chi connectivity index (χ0) is 11.7. The van der Waals surface area contributed by atoms with E-state index in [0.717, 1.165) is 24.3 Å². The summed E-state index contributed by atoms with van der Waals surface area (Å²) in [6, 6.07) is 7.02. The summed E-state index contributed by atoms with van der Waals surface area (Å²) in [5, 5.41) is 15.8. The van der Waals surface area contributed by atoms with Crippen LogP contribution in [0.3, 0.4) is 0 Å². The van der Waals surface area contributed by atoms with Crippen LogP contribution in [0.25, 0.3) is 0 Å². The first-order chi connectivity index (χ1) is 8.33. The Balaban J connectivity index is 1.89. The number of fused-ring (bicyclic) bond motifs is 1. The van der Waals surface area contributed by atoms with Gasteiger partial charge in [-0.15, -0.1) is 0 Å². The number of phenolic OH excluding ortho intramolecular Hbond substituents is 1. The van der Waals surface area contributed by atoms with Crippen LogP contribution in [0.2, 0.25) is 0 Å². The van der Waals surface area contributed by atoms with Crippen LogP contribution < -0.4 is 10.6 Å². The Morgan fingerprint density at radius 3 is 3.00 bits per heavy atom. The average molecular weight is 228 g/mol. The predicted octanol–water partition coefficient (Wildman–Crippen LogP) is 1.53. The van der Waals surface area contributed by atoms with Crippen molar-refractivity contribution in [3.05, 3.63) is 41.7 Å². The molecule has 1 aromatic carbocycles. The van der Waals surface area contributed by atoms with Crippen LogP contribution in [0, 0.1) is 0 Å². The molecule has 0 saturated carbocycles. The van der Waals surface area contributed by atoms with Crippen molar-refractivity contribution in [1.82, 2.24) is 15.3 Å². The van der Waals surface area contributed by atoms with Crippen molar-refractivity contribution < 1.29 is 5.11 Å². The van der Waals surface area contributed by atoms with E-state index in [1.807, 2.05) is 12.3 Å². The molecule has 0 radical (unpaired) electrons. The highest BCUT2D eigenvalue weighted by molar-refractivity contribution is 5.61. The van der Waals surface area contributed by atoms with E-state index >= 15 is 0 Å². The molecule has 2 heterocycles. The highest BCUT2D eigenvalue weighted by Gasteiger charge is 2.13. The molecule has 0 bridgehead atoms. The van der Waals surface area contributed by atoms with Crippen molar-refractivity contribution in [1.29, 1.82) is 0 Å². The highest BCUT2D eigenvalue weighted by Crippen LogP contribution is 2.24. The molecule has 5 nitrogen and oxygen atoms in total. The van der Waals surface area contributed by atoms with E-state index in [1.165, 1.54) is 0 Å². The van der Waals surface area contributed by atoms with Crippen molar-refractivity contribution in [3.63, 3.8) is 0 Å². The van der Waals surface area contributed by atoms with Gasteiger partial charge >= 0.3 is 0 Å². The van der Waals surface area contributed by atoms with E-state index in [4.69, 9.17) is 0 Å². The molecular weight excluding hydrogens is 216 g/mol. The van der Waals surface area contributed by atoms with Gasteiger partial charge in [0, 0.05) is 24.8 Å². The van der Waals surface area contributed by atoms with Gasteiger partial charge in [-0.25, -0.2) is 9.97 Å². The fourth-order valence-corrected chi connectivity index (χ4v) is 1.82. The maximum absolute atomic E-state index is 9.63. The normalized spacial score (nSPS) is 13.4. The zero-order valence-corrected chi connectivity index (χ0v) is 9.14. The average Bonchev–Trinajstić information content (AvgIpc) is 2.79. The number of hydrogen-bond acceptors (Lipinski definition) is 5. The number of rotatable bonds is 2. The Morgan fingerprint density at radius 1 is 1.24 bits per heavy atom. The smallest absolute Gasteiger partial charge is 0.227 e. The molecule has 1 aromatic heterocycles. The van der Waals surface area contributed by atoms with Gasteiger partial charge in [-0.2, -0.15) is 0 Å². The second kappa shape index (κ2) is 4.03. The number of para-hydroxylation sites is 2. The molecule has 3 N–H and O–H groups in total. The molecule has 1 aliphatic heterocycles. The Kier molecular flexibility index (Phi) is 2.38. The Bertz CT molecular complexity index is 556. The number of hydrogen-bond donors (Lipinski definition) is 3. The fraction of sp³-hybridized carbons (Fsp3) is 0.167. The molecule has 86 valence electrons. The maximum atomic E-state index is 9.63.